The van der Waals surface area contributed by atoms with Crippen LogP contribution in [0, 0.1) is 10.1 Å². The highest BCUT2D eigenvalue weighted by molar-refractivity contribution is 7.99. The molecule has 0 bridgehead atoms. The first-order valence-corrected chi connectivity index (χ1v) is 8.26. The average molecular weight is 355 g/mol. The molecule has 0 fully saturated rings. The van der Waals surface area contributed by atoms with Crippen molar-refractivity contribution in [2.75, 3.05) is 5.75 Å². The second kappa shape index (κ2) is 7.22. The molecule has 0 aliphatic heterocycles. The van der Waals surface area contributed by atoms with Gasteiger partial charge in [-0.1, -0.05) is 30.0 Å². The molecule has 25 heavy (non-hydrogen) atoms. The molecule has 0 saturated heterocycles. The highest BCUT2D eigenvalue weighted by Gasteiger charge is 2.16. The first-order chi connectivity index (χ1) is 12.1. The molecule has 8 nitrogen and oxygen atoms in total. The van der Waals surface area contributed by atoms with Crippen LogP contribution in [0.1, 0.15) is 10.4 Å². The number of benzene rings is 1. The molecule has 9 heteroatoms. The van der Waals surface area contributed by atoms with E-state index in [9.17, 15) is 14.9 Å². The first kappa shape index (κ1) is 16.8. The molecule has 0 aliphatic rings. The molecule has 0 saturated carbocycles. The fourth-order valence-electron chi connectivity index (χ4n) is 2.17. The van der Waals surface area contributed by atoms with Crippen LogP contribution in [0.4, 0.5) is 5.69 Å². The Bertz CT molecular complexity index is 927. The maximum absolute atomic E-state index is 12.3. The molecule has 1 aromatic carbocycles. The zero-order valence-corrected chi connectivity index (χ0v) is 14.0. The third-order valence-corrected chi connectivity index (χ3v) is 4.46. The van der Waals surface area contributed by atoms with Crippen LogP contribution in [-0.4, -0.2) is 36.2 Å². The van der Waals surface area contributed by atoms with Crippen molar-refractivity contribution in [1.29, 1.82) is 0 Å². The number of thioether (sulfide) groups is 1. The molecule has 2 heterocycles. The number of nitro benzene ring substituents is 1. The third kappa shape index (κ3) is 3.72. The maximum Gasteiger partial charge on any atom is 0.270 e. The third-order valence-electron chi connectivity index (χ3n) is 3.44. The molecular weight excluding hydrogens is 342 g/mol. The van der Waals surface area contributed by atoms with E-state index in [1.807, 2.05) is 18.2 Å². The number of non-ortho nitro benzene ring substituents is 1. The summed E-state index contributed by atoms with van der Waals surface area (Å²) in [6, 6.07) is 11.2. The number of hydrogen-bond acceptors (Lipinski definition) is 7. The summed E-state index contributed by atoms with van der Waals surface area (Å²) in [7, 11) is 1.80. The number of hydrogen-bond donors (Lipinski definition) is 0. The van der Waals surface area contributed by atoms with Gasteiger partial charge in [0.1, 0.15) is 5.69 Å². The SMILES string of the molecule is Cn1c(SCC(=O)c2cccc([N+](=O)[O-])c2)nnc1-c1ccccn1. The summed E-state index contributed by atoms with van der Waals surface area (Å²) in [5.74, 6) is 0.497. The van der Waals surface area contributed by atoms with Gasteiger partial charge in [0, 0.05) is 30.9 Å². The second-order valence-electron chi connectivity index (χ2n) is 5.10. The number of pyridine rings is 1. The Morgan fingerprint density at radius 1 is 1.24 bits per heavy atom. The predicted molar refractivity (Wildman–Crippen MR) is 92.4 cm³/mol. The van der Waals surface area contributed by atoms with E-state index < -0.39 is 4.92 Å². The van der Waals surface area contributed by atoms with Crippen molar-refractivity contribution in [3.05, 3.63) is 64.3 Å². The molecule has 0 amide bonds. The Morgan fingerprint density at radius 3 is 2.80 bits per heavy atom. The van der Waals surface area contributed by atoms with Gasteiger partial charge < -0.3 is 4.57 Å². The van der Waals surface area contributed by atoms with Gasteiger partial charge in [-0.2, -0.15) is 0 Å². The zero-order chi connectivity index (χ0) is 17.8. The van der Waals surface area contributed by atoms with E-state index >= 15 is 0 Å². The monoisotopic (exact) mass is 355 g/mol. The zero-order valence-electron chi connectivity index (χ0n) is 13.2. The van der Waals surface area contributed by atoms with Crippen LogP contribution in [0.15, 0.2) is 53.8 Å². The molecule has 3 aromatic rings. The van der Waals surface area contributed by atoms with Gasteiger partial charge in [-0.05, 0) is 12.1 Å². The van der Waals surface area contributed by atoms with Crippen LogP contribution in [0.5, 0.6) is 0 Å². The molecule has 0 unspecified atom stereocenters. The number of nitrogens with zero attached hydrogens (tertiary/aromatic N) is 5. The van der Waals surface area contributed by atoms with E-state index in [1.165, 1.54) is 30.0 Å². The highest BCUT2D eigenvalue weighted by Crippen LogP contribution is 2.22. The number of nitro groups is 1. The lowest BCUT2D eigenvalue weighted by molar-refractivity contribution is -0.384. The minimum absolute atomic E-state index is 0.105. The Hall–Kier alpha value is -3.07. The normalized spacial score (nSPS) is 10.6. The van der Waals surface area contributed by atoms with Crippen LogP contribution >= 0.6 is 11.8 Å². The summed E-state index contributed by atoms with van der Waals surface area (Å²) in [5.41, 5.74) is 0.884. The predicted octanol–water partition coefficient (Wildman–Crippen LogP) is 2.76. The van der Waals surface area contributed by atoms with Crippen LogP contribution in [-0.2, 0) is 7.05 Å². The van der Waals surface area contributed by atoms with Gasteiger partial charge in [0.05, 0.1) is 10.7 Å². The van der Waals surface area contributed by atoms with E-state index in [0.717, 1.165) is 0 Å². The van der Waals surface area contributed by atoms with Crippen molar-refractivity contribution in [2.24, 2.45) is 7.05 Å². The molecule has 0 radical (unpaired) electrons. The van der Waals surface area contributed by atoms with Crippen molar-refractivity contribution in [1.82, 2.24) is 19.7 Å². The van der Waals surface area contributed by atoms with Gasteiger partial charge in [-0.15, -0.1) is 10.2 Å². The smallest absolute Gasteiger partial charge is 0.270 e. The lowest BCUT2D eigenvalue weighted by Gasteiger charge is -2.03. The Morgan fingerprint density at radius 2 is 2.08 bits per heavy atom. The standard InChI is InChI=1S/C16H13N5O3S/c1-20-15(13-7-2-3-8-17-13)18-19-16(20)25-10-14(22)11-5-4-6-12(9-11)21(23)24/h2-9H,10H2,1H3. The summed E-state index contributed by atoms with van der Waals surface area (Å²) in [6.07, 6.45) is 1.67. The van der Waals surface area contributed by atoms with Gasteiger partial charge >= 0.3 is 0 Å². The minimum atomic E-state index is -0.522. The Balaban J connectivity index is 1.72. The first-order valence-electron chi connectivity index (χ1n) is 7.27. The minimum Gasteiger partial charge on any atom is -0.304 e. The van der Waals surface area contributed by atoms with Crippen LogP contribution < -0.4 is 0 Å². The summed E-state index contributed by atoms with van der Waals surface area (Å²) >= 11 is 1.22. The fourth-order valence-corrected chi connectivity index (χ4v) is 2.97. The molecular formula is C16H13N5O3S. The average Bonchev–Trinajstić information content (AvgIpc) is 3.01. The lowest BCUT2D eigenvalue weighted by Crippen LogP contribution is -2.04. The van der Waals surface area contributed by atoms with Gasteiger partial charge in [0.15, 0.2) is 16.8 Å². The Kier molecular flexibility index (Phi) is 4.85. The number of carbonyl (C=O) groups excluding carboxylic acids is 1. The molecule has 126 valence electrons. The number of rotatable bonds is 6. The van der Waals surface area contributed by atoms with Crippen LogP contribution in [0.3, 0.4) is 0 Å². The van der Waals surface area contributed by atoms with E-state index in [4.69, 9.17) is 0 Å². The van der Waals surface area contributed by atoms with Crippen molar-refractivity contribution in [2.45, 2.75) is 5.16 Å². The number of ketones is 1. The van der Waals surface area contributed by atoms with Gasteiger partial charge in [0.2, 0.25) is 0 Å². The molecule has 0 atom stereocenters. The molecule has 0 N–H and O–H groups in total. The van der Waals surface area contributed by atoms with Crippen molar-refractivity contribution in [3.8, 4) is 11.5 Å². The van der Waals surface area contributed by atoms with E-state index in [0.29, 0.717) is 22.2 Å². The maximum atomic E-state index is 12.3. The number of aromatic nitrogens is 4. The van der Waals surface area contributed by atoms with Gasteiger partial charge in [-0.25, -0.2) is 0 Å². The largest absolute Gasteiger partial charge is 0.304 e. The fraction of sp³-hybridized carbons (Fsp3) is 0.125. The topological polar surface area (TPSA) is 104 Å². The van der Waals surface area contributed by atoms with E-state index in [-0.39, 0.29) is 17.2 Å². The lowest BCUT2D eigenvalue weighted by atomic mass is 10.1. The highest BCUT2D eigenvalue weighted by atomic mass is 32.2. The van der Waals surface area contributed by atoms with Crippen molar-refractivity contribution < 1.29 is 9.72 Å². The van der Waals surface area contributed by atoms with Crippen molar-refractivity contribution >= 4 is 23.2 Å². The van der Waals surface area contributed by atoms with Crippen LogP contribution in [0.2, 0.25) is 0 Å². The van der Waals surface area contributed by atoms with Crippen LogP contribution in [0.25, 0.3) is 11.5 Å². The number of Topliss-reactive ketones (excluding diaryl/α,β-unsaturated/α-hetero) is 1. The molecule has 2 aromatic heterocycles. The summed E-state index contributed by atoms with van der Waals surface area (Å²) in [4.78, 5) is 26.8. The summed E-state index contributed by atoms with van der Waals surface area (Å²) < 4.78 is 1.76. The summed E-state index contributed by atoms with van der Waals surface area (Å²) in [5, 5.41) is 19.5. The Labute approximate surface area is 147 Å². The molecule has 0 aliphatic carbocycles. The second-order valence-corrected chi connectivity index (χ2v) is 6.04. The molecule has 3 rings (SSSR count). The summed E-state index contributed by atoms with van der Waals surface area (Å²) in [6.45, 7) is 0. The van der Waals surface area contributed by atoms with Gasteiger partial charge in [-0.3, -0.25) is 19.9 Å². The van der Waals surface area contributed by atoms with E-state index in [2.05, 4.69) is 15.2 Å². The van der Waals surface area contributed by atoms with Crippen molar-refractivity contribution in [3.63, 3.8) is 0 Å². The molecule has 0 spiro atoms. The quantitative estimate of drug-likeness (QED) is 0.290. The van der Waals surface area contributed by atoms with Gasteiger partial charge in [0.25, 0.3) is 5.69 Å². The van der Waals surface area contributed by atoms with E-state index in [1.54, 1.807) is 23.9 Å². The number of carbonyl (C=O) groups is 1.